The lowest BCUT2D eigenvalue weighted by molar-refractivity contribution is 0.423. The molecule has 1 aromatic heterocycles. The highest BCUT2D eigenvalue weighted by Gasteiger charge is 2.10. The largest absolute Gasteiger partial charge is 0.351 e. The average Bonchev–Trinajstić information content (AvgIpc) is 2.57. The summed E-state index contributed by atoms with van der Waals surface area (Å²) in [6.07, 6.45) is 2.21. The lowest BCUT2D eigenvalue weighted by Crippen LogP contribution is -2.35. The lowest BCUT2D eigenvalue weighted by Gasteiger charge is -2.20. The lowest BCUT2D eigenvalue weighted by atomic mass is 10.1. The van der Waals surface area contributed by atoms with Crippen molar-refractivity contribution < 1.29 is 0 Å². The SMILES string of the molecule is CCSCCn1ccc(CNC(C)(C)C)c1C. The molecule has 0 aliphatic heterocycles. The number of nitrogens with one attached hydrogen (secondary N) is 1. The molecule has 2 nitrogen and oxygen atoms in total. The summed E-state index contributed by atoms with van der Waals surface area (Å²) in [5.74, 6) is 2.41. The molecular weight excluding hydrogens is 228 g/mol. The minimum absolute atomic E-state index is 0.187. The van der Waals surface area contributed by atoms with Gasteiger partial charge >= 0.3 is 0 Å². The number of thioether (sulfide) groups is 1. The van der Waals surface area contributed by atoms with Crippen LogP contribution < -0.4 is 5.32 Å². The summed E-state index contributed by atoms with van der Waals surface area (Å²) in [7, 11) is 0. The van der Waals surface area contributed by atoms with Gasteiger partial charge in [0.15, 0.2) is 0 Å². The van der Waals surface area contributed by atoms with E-state index in [1.54, 1.807) is 0 Å². The Balaban J connectivity index is 2.52. The third kappa shape index (κ3) is 5.17. The number of nitrogens with zero attached hydrogens (tertiary/aromatic N) is 1. The Bertz CT molecular complexity index is 336. The van der Waals surface area contributed by atoms with Crippen molar-refractivity contribution in [3.05, 3.63) is 23.5 Å². The summed E-state index contributed by atoms with van der Waals surface area (Å²) in [5.41, 5.74) is 3.01. The molecule has 1 aromatic rings. The summed E-state index contributed by atoms with van der Waals surface area (Å²) >= 11 is 2.00. The van der Waals surface area contributed by atoms with E-state index in [0.717, 1.165) is 13.1 Å². The first-order valence-electron chi connectivity index (χ1n) is 6.41. The fourth-order valence-electron chi connectivity index (χ4n) is 1.69. The highest BCUT2D eigenvalue weighted by Crippen LogP contribution is 2.13. The zero-order valence-corrected chi connectivity index (χ0v) is 12.7. The molecule has 0 fully saturated rings. The Morgan fingerprint density at radius 3 is 2.65 bits per heavy atom. The highest BCUT2D eigenvalue weighted by molar-refractivity contribution is 7.99. The highest BCUT2D eigenvalue weighted by atomic mass is 32.2. The van der Waals surface area contributed by atoms with Crippen LogP contribution in [0.5, 0.6) is 0 Å². The molecule has 98 valence electrons. The molecule has 0 aliphatic carbocycles. The number of hydrogen-bond acceptors (Lipinski definition) is 2. The van der Waals surface area contributed by atoms with Gasteiger partial charge in [-0.1, -0.05) is 6.92 Å². The molecule has 0 saturated carbocycles. The fourth-order valence-corrected chi connectivity index (χ4v) is 2.31. The van der Waals surface area contributed by atoms with Gasteiger partial charge in [-0.3, -0.25) is 0 Å². The zero-order chi connectivity index (χ0) is 12.9. The van der Waals surface area contributed by atoms with Crippen molar-refractivity contribution in [2.45, 2.75) is 53.2 Å². The van der Waals surface area contributed by atoms with Gasteiger partial charge in [0.25, 0.3) is 0 Å². The first-order chi connectivity index (χ1) is 7.94. The molecule has 3 heteroatoms. The fraction of sp³-hybridized carbons (Fsp3) is 0.714. The van der Waals surface area contributed by atoms with Gasteiger partial charge in [0, 0.05) is 36.3 Å². The second kappa shape index (κ2) is 6.50. The van der Waals surface area contributed by atoms with E-state index in [-0.39, 0.29) is 5.54 Å². The van der Waals surface area contributed by atoms with Crippen LogP contribution in [-0.2, 0) is 13.1 Å². The Kier molecular flexibility index (Phi) is 5.60. The Labute approximate surface area is 110 Å². The van der Waals surface area contributed by atoms with Crippen LogP contribution in [0.2, 0.25) is 0 Å². The molecular formula is C14H26N2S. The van der Waals surface area contributed by atoms with E-state index < -0.39 is 0 Å². The Morgan fingerprint density at radius 1 is 1.35 bits per heavy atom. The van der Waals surface area contributed by atoms with Crippen LogP contribution in [0.15, 0.2) is 12.3 Å². The van der Waals surface area contributed by atoms with E-state index in [9.17, 15) is 0 Å². The van der Waals surface area contributed by atoms with Crippen molar-refractivity contribution in [1.82, 2.24) is 9.88 Å². The van der Waals surface area contributed by atoms with Crippen LogP contribution in [0.1, 0.15) is 39.0 Å². The van der Waals surface area contributed by atoms with Crippen LogP contribution in [0.25, 0.3) is 0 Å². The van der Waals surface area contributed by atoms with Crippen molar-refractivity contribution in [2.24, 2.45) is 0 Å². The Hall–Kier alpha value is -0.410. The van der Waals surface area contributed by atoms with Crippen molar-refractivity contribution in [2.75, 3.05) is 11.5 Å². The maximum Gasteiger partial charge on any atom is 0.0313 e. The summed E-state index contributed by atoms with van der Waals surface area (Å²) in [5, 5.41) is 3.54. The van der Waals surface area contributed by atoms with Crippen LogP contribution >= 0.6 is 11.8 Å². The van der Waals surface area contributed by atoms with Crippen molar-refractivity contribution in [1.29, 1.82) is 0 Å². The Morgan fingerprint density at radius 2 is 2.06 bits per heavy atom. The van der Waals surface area contributed by atoms with Gasteiger partial charge in [-0.15, -0.1) is 0 Å². The van der Waals surface area contributed by atoms with Gasteiger partial charge in [0.05, 0.1) is 0 Å². The van der Waals surface area contributed by atoms with Crippen molar-refractivity contribution in [3.63, 3.8) is 0 Å². The molecule has 1 heterocycles. The number of hydrogen-bond donors (Lipinski definition) is 1. The quantitative estimate of drug-likeness (QED) is 0.783. The van der Waals surface area contributed by atoms with E-state index in [2.05, 4.69) is 56.8 Å². The van der Waals surface area contributed by atoms with E-state index in [1.165, 1.54) is 22.8 Å². The molecule has 17 heavy (non-hydrogen) atoms. The third-order valence-electron chi connectivity index (χ3n) is 2.84. The molecule has 0 saturated heterocycles. The average molecular weight is 254 g/mol. The topological polar surface area (TPSA) is 17.0 Å². The smallest absolute Gasteiger partial charge is 0.0313 e. The van der Waals surface area contributed by atoms with Gasteiger partial charge in [-0.25, -0.2) is 0 Å². The second-order valence-electron chi connectivity index (χ2n) is 5.42. The minimum atomic E-state index is 0.187. The first-order valence-corrected chi connectivity index (χ1v) is 7.57. The van der Waals surface area contributed by atoms with Gasteiger partial charge in [0.1, 0.15) is 0 Å². The number of rotatable bonds is 6. The zero-order valence-electron chi connectivity index (χ0n) is 11.8. The van der Waals surface area contributed by atoms with Crippen molar-refractivity contribution in [3.8, 4) is 0 Å². The molecule has 0 bridgehead atoms. The maximum atomic E-state index is 3.54. The van der Waals surface area contributed by atoms with Gasteiger partial charge in [-0.2, -0.15) is 11.8 Å². The van der Waals surface area contributed by atoms with Gasteiger partial charge in [0.2, 0.25) is 0 Å². The molecule has 0 radical (unpaired) electrons. The van der Waals surface area contributed by atoms with Crippen LogP contribution in [0.4, 0.5) is 0 Å². The first kappa shape index (κ1) is 14.7. The summed E-state index contributed by atoms with van der Waals surface area (Å²) in [6.45, 7) is 13.1. The molecule has 1 rings (SSSR count). The summed E-state index contributed by atoms with van der Waals surface area (Å²) < 4.78 is 2.36. The van der Waals surface area contributed by atoms with Gasteiger partial charge in [-0.05, 0) is 45.1 Å². The van der Waals surface area contributed by atoms with Crippen LogP contribution in [-0.4, -0.2) is 21.6 Å². The predicted molar refractivity (Wildman–Crippen MR) is 78.8 cm³/mol. The summed E-state index contributed by atoms with van der Waals surface area (Å²) in [6, 6.07) is 2.24. The normalized spacial score (nSPS) is 12.1. The predicted octanol–water partition coefficient (Wildman–Crippen LogP) is 3.44. The van der Waals surface area contributed by atoms with E-state index >= 15 is 0 Å². The van der Waals surface area contributed by atoms with Crippen LogP contribution in [0, 0.1) is 6.92 Å². The minimum Gasteiger partial charge on any atom is -0.351 e. The van der Waals surface area contributed by atoms with E-state index in [4.69, 9.17) is 0 Å². The molecule has 1 N–H and O–H groups in total. The molecule has 0 amide bonds. The number of aromatic nitrogens is 1. The molecule has 0 aromatic carbocycles. The summed E-state index contributed by atoms with van der Waals surface area (Å²) in [4.78, 5) is 0. The maximum absolute atomic E-state index is 3.54. The molecule has 0 unspecified atom stereocenters. The molecule has 0 atom stereocenters. The van der Waals surface area contributed by atoms with Crippen LogP contribution in [0.3, 0.4) is 0 Å². The molecule has 0 spiro atoms. The molecule has 0 aliphatic rings. The standard InChI is InChI=1S/C14H26N2S/c1-6-17-10-9-16-8-7-13(12(16)2)11-15-14(3,4)5/h7-8,15H,6,9-11H2,1-5H3. The van der Waals surface area contributed by atoms with E-state index in [0.29, 0.717) is 0 Å². The van der Waals surface area contributed by atoms with Gasteiger partial charge < -0.3 is 9.88 Å². The monoisotopic (exact) mass is 254 g/mol. The van der Waals surface area contributed by atoms with Crippen molar-refractivity contribution >= 4 is 11.8 Å². The third-order valence-corrected chi connectivity index (χ3v) is 3.72. The second-order valence-corrected chi connectivity index (χ2v) is 6.81. The van der Waals surface area contributed by atoms with E-state index in [1.807, 2.05) is 11.8 Å². The number of aryl methyl sites for hydroxylation is 1.